The fourth-order valence-electron chi connectivity index (χ4n) is 10.4. The van der Waals surface area contributed by atoms with Gasteiger partial charge in [0, 0.05) is 55.1 Å². The first-order valence-electron chi connectivity index (χ1n) is 27.8. The molecule has 2 aliphatic heterocycles. The van der Waals surface area contributed by atoms with Crippen LogP contribution in [-0.4, -0.2) is 116 Å². The van der Waals surface area contributed by atoms with Gasteiger partial charge in [-0.15, -0.1) is 0 Å². The van der Waals surface area contributed by atoms with E-state index in [0.717, 1.165) is 17.4 Å². The van der Waals surface area contributed by atoms with Gasteiger partial charge in [0.05, 0.1) is 72.1 Å². The van der Waals surface area contributed by atoms with Gasteiger partial charge in [0.25, 0.3) is 0 Å². The summed E-state index contributed by atoms with van der Waals surface area (Å²) in [6.07, 6.45) is 2.75. The van der Waals surface area contributed by atoms with E-state index in [1.54, 1.807) is 64.4 Å². The van der Waals surface area contributed by atoms with Crippen molar-refractivity contribution in [3.8, 4) is 5.75 Å². The standard InChI is InChI=1S/C60H65N11O14S2/c1-36-14-9-11-18-45(36)63-59(76)62-41-23-22-40(61-35-41)34-55(73)71-27-25-38(3)56(71)53-33-43(67-85-53)30-48(68-86(5,78)79)57(74)83-58(75)49(69-87(80,81)44-16-7-6-8-17-44)31-42-32-52(84-66-42)50-20-13-26-70(50)54(72)29-39-21-24-47(51(28-39)82-4)65-60(77)64-46-19-12-10-15-37(46)2/h6-12,14-19,21-24,28,32-33,35,38,48-50,56,68-69H,13,20,25-27,29-31,34H2,1-5H3,(H2,62,63,76)(H2,64,65,77). The van der Waals surface area contributed by atoms with Gasteiger partial charge >= 0.3 is 24.0 Å². The molecule has 9 rings (SSSR count). The van der Waals surface area contributed by atoms with Crippen LogP contribution in [0.4, 0.5) is 32.3 Å². The second-order valence-corrected chi connectivity index (χ2v) is 24.8. The molecule has 6 amide bonds. The predicted octanol–water partition coefficient (Wildman–Crippen LogP) is 7.15. The third-order valence-corrected chi connectivity index (χ3v) is 16.9. The largest absolute Gasteiger partial charge is 0.495 e. The van der Waals surface area contributed by atoms with Gasteiger partial charge in [-0.25, -0.2) is 40.7 Å². The summed E-state index contributed by atoms with van der Waals surface area (Å²) in [6.45, 7) is 6.39. The monoisotopic (exact) mass is 1230 g/mol. The van der Waals surface area contributed by atoms with Crippen LogP contribution in [0.1, 0.15) is 83.6 Å². The zero-order valence-electron chi connectivity index (χ0n) is 48.1. The molecule has 2 fully saturated rings. The Labute approximate surface area is 502 Å². The second kappa shape index (κ2) is 27.4. The first kappa shape index (κ1) is 62.2. The van der Waals surface area contributed by atoms with Gasteiger partial charge in [-0.2, -0.15) is 4.72 Å². The van der Waals surface area contributed by atoms with Crippen LogP contribution in [0.3, 0.4) is 0 Å². The summed E-state index contributed by atoms with van der Waals surface area (Å²) in [7, 11) is -7.23. The minimum atomic E-state index is -4.49. The molecule has 456 valence electrons. The van der Waals surface area contributed by atoms with Crippen LogP contribution in [-0.2, 0) is 69.6 Å². The molecule has 0 aliphatic carbocycles. The number of carbonyl (C=O) groups excluding carboxylic acids is 6. The summed E-state index contributed by atoms with van der Waals surface area (Å²) >= 11 is 0. The van der Waals surface area contributed by atoms with E-state index < -0.39 is 81.1 Å². The predicted molar refractivity (Wildman–Crippen MR) is 318 cm³/mol. The smallest absolute Gasteiger partial charge is 0.332 e. The SMILES string of the molecule is COc1cc(CC(=O)N2CCCC2c2cc(CC(NS(=O)(=O)c3ccccc3)C(=O)OC(=O)C(Cc3cc(C4C(C)CCN4C(=O)Cc4ccc(NC(=O)Nc5ccccc5C)cn4)on3)NS(C)(=O)=O)no2)ccc1NC(=O)Nc1ccccc1C. The lowest BCUT2D eigenvalue weighted by Gasteiger charge is -2.24. The minimum Gasteiger partial charge on any atom is -0.495 e. The Hall–Kier alpha value is -9.31. The highest BCUT2D eigenvalue weighted by Gasteiger charge is 2.40. The first-order chi connectivity index (χ1) is 41.6. The number of nitrogens with zero attached hydrogens (tertiary/aromatic N) is 5. The molecule has 27 heteroatoms. The van der Waals surface area contributed by atoms with Gasteiger partial charge in [0.15, 0.2) is 11.5 Å². The average molecular weight is 1230 g/mol. The van der Waals surface area contributed by atoms with E-state index in [-0.39, 0.29) is 58.4 Å². The zero-order valence-corrected chi connectivity index (χ0v) is 49.8. The normalized spacial score (nSPS) is 16.6. The van der Waals surface area contributed by atoms with Crippen molar-refractivity contribution in [2.24, 2.45) is 5.92 Å². The number of benzene rings is 4. The minimum absolute atomic E-state index is 0.0467. The Morgan fingerprint density at radius 1 is 0.632 bits per heavy atom. The van der Waals surface area contributed by atoms with Gasteiger partial charge < -0.3 is 49.6 Å². The molecular weight excluding hydrogens is 1160 g/mol. The number of hydrogen-bond acceptors (Lipinski definition) is 17. The van der Waals surface area contributed by atoms with Crippen LogP contribution >= 0.6 is 0 Å². The number of carbonyl (C=O) groups is 6. The maximum atomic E-state index is 14.2. The molecule has 0 bridgehead atoms. The number of anilines is 4. The van der Waals surface area contributed by atoms with Crippen molar-refractivity contribution < 1.29 is 64.1 Å². The van der Waals surface area contributed by atoms with Gasteiger partial charge in [-0.1, -0.05) is 77.9 Å². The van der Waals surface area contributed by atoms with Crippen LogP contribution in [0.15, 0.2) is 141 Å². The Morgan fingerprint density at radius 3 is 1.84 bits per heavy atom. The molecule has 0 saturated carbocycles. The van der Waals surface area contributed by atoms with E-state index in [4.69, 9.17) is 18.5 Å². The number of aromatic nitrogens is 3. The van der Waals surface area contributed by atoms with E-state index in [1.807, 2.05) is 51.1 Å². The van der Waals surface area contributed by atoms with Crippen molar-refractivity contribution in [1.82, 2.24) is 34.5 Å². The number of methoxy groups -OCH3 is 1. The van der Waals surface area contributed by atoms with Crippen molar-refractivity contribution in [3.05, 3.63) is 173 Å². The molecule has 2 aliphatic rings. The number of aryl methyl sites for hydroxylation is 2. The van der Waals surface area contributed by atoms with Gasteiger partial charge in [0.1, 0.15) is 17.8 Å². The van der Waals surface area contributed by atoms with Crippen LogP contribution in [0.5, 0.6) is 5.75 Å². The highest BCUT2D eigenvalue weighted by molar-refractivity contribution is 7.89. The fraction of sp³-hybridized carbons (Fsp3) is 0.317. The van der Waals surface area contributed by atoms with E-state index in [2.05, 4.69) is 46.0 Å². The molecule has 5 heterocycles. The molecule has 5 atom stereocenters. The van der Waals surface area contributed by atoms with Crippen molar-refractivity contribution in [1.29, 1.82) is 0 Å². The lowest BCUT2D eigenvalue weighted by atomic mass is 9.99. The van der Waals surface area contributed by atoms with E-state index in [0.29, 0.717) is 72.1 Å². The summed E-state index contributed by atoms with van der Waals surface area (Å²) in [5.41, 5.74) is 4.97. The number of hydrogen-bond donors (Lipinski definition) is 6. The molecule has 6 N–H and O–H groups in total. The second-order valence-electron chi connectivity index (χ2n) is 21.3. The number of sulfonamides is 2. The Kier molecular flexibility index (Phi) is 19.6. The van der Waals surface area contributed by atoms with E-state index >= 15 is 0 Å². The highest BCUT2D eigenvalue weighted by Crippen LogP contribution is 2.38. The maximum absolute atomic E-state index is 14.2. The number of nitrogens with one attached hydrogen (secondary N) is 6. The summed E-state index contributed by atoms with van der Waals surface area (Å²) in [5, 5.41) is 19.3. The molecular formula is C60H65N11O14S2. The molecule has 25 nitrogen and oxygen atoms in total. The number of amides is 6. The van der Waals surface area contributed by atoms with Crippen LogP contribution in [0.2, 0.25) is 0 Å². The Morgan fingerprint density at radius 2 is 1.22 bits per heavy atom. The zero-order chi connectivity index (χ0) is 62.0. The van der Waals surface area contributed by atoms with E-state index in [1.165, 1.54) is 49.7 Å². The molecule has 87 heavy (non-hydrogen) atoms. The number of para-hydroxylation sites is 2. The van der Waals surface area contributed by atoms with Gasteiger partial charge in [-0.05, 0) is 104 Å². The van der Waals surface area contributed by atoms with Crippen LogP contribution in [0, 0.1) is 19.8 Å². The number of esters is 2. The molecule has 7 aromatic rings. The van der Waals surface area contributed by atoms with E-state index in [9.17, 15) is 45.6 Å². The van der Waals surface area contributed by atoms with Crippen molar-refractivity contribution >= 4 is 78.6 Å². The quantitative estimate of drug-likeness (QED) is 0.0290. The third kappa shape index (κ3) is 16.2. The number of rotatable bonds is 22. The summed E-state index contributed by atoms with van der Waals surface area (Å²) in [5.74, 6) is -2.68. The lowest BCUT2D eigenvalue weighted by Crippen LogP contribution is -2.48. The topological polar surface area (TPSA) is 333 Å². The summed E-state index contributed by atoms with van der Waals surface area (Å²) in [4.78, 5) is 88.9. The lowest BCUT2D eigenvalue weighted by molar-refractivity contribution is -0.162. The number of likely N-dealkylation sites (tertiary alicyclic amines) is 2. The highest BCUT2D eigenvalue weighted by atomic mass is 32.2. The third-order valence-electron chi connectivity index (χ3n) is 14.7. The molecule has 4 aromatic carbocycles. The van der Waals surface area contributed by atoms with Gasteiger partial charge in [-0.3, -0.25) is 14.6 Å². The average Bonchev–Trinajstić information content (AvgIpc) is 2.21. The Balaban J connectivity index is 0.848. The first-order valence-corrected chi connectivity index (χ1v) is 31.2. The summed E-state index contributed by atoms with van der Waals surface area (Å²) in [6, 6.07) is 27.1. The Bertz CT molecular complexity index is 3900. The van der Waals surface area contributed by atoms with Crippen LogP contribution in [0.25, 0.3) is 0 Å². The molecule has 2 saturated heterocycles. The molecule has 5 unspecified atom stereocenters. The number of ether oxygens (including phenoxy) is 2. The van der Waals surface area contributed by atoms with Crippen molar-refractivity contribution in [2.45, 2.75) is 94.8 Å². The van der Waals surface area contributed by atoms with Crippen molar-refractivity contribution in [2.75, 3.05) is 47.7 Å². The maximum Gasteiger partial charge on any atom is 0.332 e. The fourth-order valence-corrected chi connectivity index (χ4v) is 12.3. The van der Waals surface area contributed by atoms with Crippen molar-refractivity contribution in [3.63, 3.8) is 0 Å². The van der Waals surface area contributed by atoms with Gasteiger partial charge in [0.2, 0.25) is 31.9 Å². The number of urea groups is 2. The number of pyridine rings is 1. The molecule has 0 spiro atoms. The van der Waals surface area contributed by atoms with Crippen LogP contribution < -0.4 is 35.4 Å². The molecule has 3 aromatic heterocycles. The molecule has 0 radical (unpaired) electrons. The summed E-state index contributed by atoms with van der Waals surface area (Å²) < 4.78 is 79.8.